The van der Waals surface area contributed by atoms with Crippen molar-refractivity contribution in [2.24, 2.45) is 0 Å². The van der Waals surface area contributed by atoms with Crippen molar-refractivity contribution in [2.45, 2.75) is 12.8 Å². The zero-order chi connectivity index (χ0) is 16.9. The van der Waals surface area contributed by atoms with Crippen LogP contribution >= 0.6 is 11.6 Å². The van der Waals surface area contributed by atoms with Crippen LogP contribution in [0.25, 0.3) is 10.9 Å². The molecule has 0 fully saturated rings. The SMILES string of the molecule is COc1ccccc1CCNC(=O)Cc1c[nH]c2ccc(Cl)cc12. The zero-order valence-corrected chi connectivity index (χ0v) is 14.2. The average molecular weight is 343 g/mol. The second-order valence-corrected chi connectivity index (χ2v) is 6.03. The van der Waals surface area contributed by atoms with Crippen LogP contribution in [-0.4, -0.2) is 24.5 Å². The predicted octanol–water partition coefficient (Wildman–Crippen LogP) is 3.73. The summed E-state index contributed by atoms with van der Waals surface area (Å²) in [5.41, 5.74) is 3.01. The van der Waals surface area contributed by atoms with Crippen molar-refractivity contribution in [3.63, 3.8) is 0 Å². The number of H-pyrrole nitrogens is 1. The van der Waals surface area contributed by atoms with Crippen molar-refractivity contribution in [3.8, 4) is 5.75 Å². The number of carbonyl (C=O) groups is 1. The Morgan fingerprint density at radius 3 is 2.88 bits per heavy atom. The lowest BCUT2D eigenvalue weighted by atomic mass is 10.1. The minimum absolute atomic E-state index is 0.00854. The number of ether oxygens (including phenoxy) is 1. The van der Waals surface area contributed by atoms with Gasteiger partial charge in [-0.2, -0.15) is 0 Å². The second kappa shape index (κ2) is 7.41. The summed E-state index contributed by atoms with van der Waals surface area (Å²) in [5, 5.41) is 4.61. The van der Waals surface area contributed by atoms with Gasteiger partial charge in [-0.1, -0.05) is 29.8 Å². The maximum atomic E-state index is 12.2. The third-order valence-electron chi connectivity index (χ3n) is 3.99. The minimum atomic E-state index is -0.00854. The summed E-state index contributed by atoms with van der Waals surface area (Å²) in [4.78, 5) is 15.4. The second-order valence-electron chi connectivity index (χ2n) is 5.59. The van der Waals surface area contributed by atoms with Crippen LogP contribution in [0.5, 0.6) is 5.75 Å². The van der Waals surface area contributed by atoms with E-state index in [1.54, 1.807) is 7.11 Å². The highest BCUT2D eigenvalue weighted by Gasteiger charge is 2.09. The maximum Gasteiger partial charge on any atom is 0.224 e. The molecule has 24 heavy (non-hydrogen) atoms. The molecule has 0 aliphatic carbocycles. The van der Waals surface area contributed by atoms with E-state index in [1.165, 1.54) is 0 Å². The number of methoxy groups -OCH3 is 1. The number of halogens is 1. The Bertz CT molecular complexity index is 857. The number of aromatic amines is 1. The van der Waals surface area contributed by atoms with Gasteiger partial charge in [-0.3, -0.25) is 4.79 Å². The van der Waals surface area contributed by atoms with Gasteiger partial charge in [0.05, 0.1) is 13.5 Å². The number of para-hydroxylation sites is 1. The van der Waals surface area contributed by atoms with E-state index in [9.17, 15) is 4.79 Å². The number of carbonyl (C=O) groups excluding carboxylic acids is 1. The normalized spacial score (nSPS) is 10.8. The zero-order valence-electron chi connectivity index (χ0n) is 13.4. The number of fused-ring (bicyclic) bond motifs is 1. The highest BCUT2D eigenvalue weighted by atomic mass is 35.5. The lowest BCUT2D eigenvalue weighted by molar-refractivity contribution is -0.120. The van der Waals surface area contributed by atoms with Crippen LogP contribution in [-0.2, 0) is 17.6 Å². The van der Waals surface area contributed by atoms with Gasteiger partial charge in [-0.25, -0.2) is 0 Å². The summed E-state index contributed by atoms with van der Waals surface area (Å²) in [6, 6.07) is 13.5. The van der Waals surface area contributed by atoms with E-state index in [-0.39, 0.29) is 5.91 Å². The van der Waals surface area contributed by atoms with E-state index in [2.05, 4.69) is 10.3 Å². The Morgan fingerprint density at radius 1 is 1.21 bits per heavy atom. The lowest BCUT2D eigenvalue weighted by Crippen LogP contribution is -2.27. The van der Waals surface area contributed by atoms with Gasteiger partial charge in [-0.15, -0.1) is 0 Å². The summed E-state index contributed by atoms with van der Waals surface area (Å²) in [7, 11) is 1.65. The fourth-order valence-electron chi connectivity index (χ4n) is 2.78. The molecule has 2 aromatic carbocycles. The van der Waals surface area contributed by atoms with Crippen molar-refractivity contribution in [1.82, 2.24) is 10.3 Å². The van der Waals surface area contributed by atoms with E-state index >= 15 is 0 Å². The first-order valence-electron chi connectivity index (χ1n) is 7.81. The van der Waals surface area contributed by atoms with Gasteiger partial charge in [0.15, 0.2) is 0 Å². The molecule has 0 saturated carbocycles. The third kappa shape index (κ3) is 3.71. The van der Waals surface area contributed by atoms with Gasteiger partial charge in [0, 0.05) is 28.7 Å². The van der Waals surface area contributed by atoms with Gasteiger partial charge in [0.1, 0.15) is 5.75 Å². The van der Waals surface area contributed by atoms with E-state index in [1.807, 2.05) is 48.7 Å². The van der Waals surface area contributed by atoms with E-state index in [4.69, 9.17) is 16.3 Å². The van der Waals surface area contributed by atoms with Gasteiger partial charge in [-0.05, 0) is 41.8 Å². The Balaban J connectivity index is 1.58. The highest BCUT2D eigenvalue weighted by molar-refractivity contribution is 6.31. The van der Waals surface area contributed by atoms with E-state index in [0.717, 1.165) is 34.2 Å². The predicted molar refractivity (Wildman–Crippen MR) is 96.7 cm³/mol. The average Bonchev–Trinajstić information content (AvgIpc) is 2.97. The Morgan fingerprint density at radius 2 is 2.04 bits per heavy atom. The summed E-state index contributed by atoms with van der Waals surface area (Å²) >= 11 is 6.04. The fourth-order valence-corrected chi connectivity index (χ4v) is 2.95. The Hall–Kier alpha value is -2.46. The number of benzene rings is 2. The molecule has 124 valence electrons. The van der Waals surface area contributed by atoms with Crippen LogP contribution in [0.1, 0.15) is 11.1 Å². The summed E-state index contributed by atoms with van der Waals surface area (Å²) < 4.78 is 5.32. The quantitative estimate of drug-likeness (QED) is 0.717. The molecule has 0 aliphatic rings. The molecule has 4 nitrogen and oxygen atoms in total. The molecule has 5 heteroatoms. The van der Waals surface area contributed by atoms with Gasteiger partial charge in [0.2, 0.25) is 5.91 Å². The minimum Gasteiger partial charge on any atom is -0.496 e. The number of hydrogen-bond acceptors (Lipinski definition) is 2. The molecule has 0 aliphatic heterocycles. The van der Waals surface area contributed by atoms with Gasteiger partial charge >= 0.3 is 0 Å². The number of amides is 1. The molecule has 0 atom stereocenters. The molecule has 1 aromatic heterocycles. The topological polar surface area (TPSA) is 54.1 Å². The standard InChI is InChI=1S/C19H19ClN2O2/c1-24-18-5-3-2-4-13(18)8-9-21-19(23)10-14-12-22-17-7-6-15(20)11-16(14)17/h2-7,11-12,22H,8-10H2,1H3,(H,21,23). The van der Waals surface area contributed by atoms with Crippen LogP contribution in [0.2, 0.25) is 5.02 Å². The maximum absolute atomic E-state index is 12.2. The molecule has 1 heterocycles. The van der Waals surface area contributed by atoms with Crippen LogP contribution in [0.15, 0.2) is 48.7 Å². The van der Waals surface area contributed by atoms with Crippen molar-refractivity contribution in [2.75, 3.05) is 13.7 Å². The van der Waals surface area contributed by atoms with Gasteiger partial charge in [0.25, 0.3) is 0 Å². The Labute approximate surface area is 145 Å². The van der Waals surface area contributed by atoms with E-state index in [0.29, 0.717) is 18.0 Å². The van der Waals surface area contributed by atoms with Gasteiger partial charge < -0.3 is 15.0 Å². The van der Waals surface area contributed by atoms with Crippen molar-refractivity contribution in [3.05, 3.63) is 64.8 Å². The molecular weight excluding hydrogens is 324 g/mol. The summed E-state index contributed by atoms with van der Waals surface area (Å²) in [6.07, 6.45) is 2.92. The lowest BCUT2D eigenvalue weighted by Gasteiger charge is -2.09. The molecule has 2 N–H and O–H groups in total. The molecular formula is C19H19ClN2O2. The van der Waals surface area contributed by atoms with Crippen LogP contribution in [0.3, 0.4) is 0 Å². The first-order valence-corrected chi connectivity index (χ1v) is 8.19. The molecule has 0 spiro atoms. The van der Waals surface area contributed by atoms with Crippen molar-refractivity contribution < 1.29 is 9.53 Å². The number of hydrogen-bond donors (Lipinski definition) is 2. The number of aromatic nitrogens is 1. The first-order chi connectivity index (χ1) is 11.7. The fraction of sp³-hybridized carbons (Fsp3) is 0.211. The molecule has 0 unspecified atom stereocenters. The largest absolute Gasteiger partial charge is 0.496 e. The summed E-state index contributed by atoms with van der Waals surface area (Å²) in [5.74, 6) is 0.837. The molecule has 3 aromatic rings. The van der Waals surface area contributed by atoms with Crippen molar-refractivity contribution in [1.29, 1.82) is 0 Å². The molecule has 1 amide bonds. The number of nitrogens with one attached hydrogen (secondary N) is 2. The Kier molecular flexibility index (Phi) is 5.06. The molecule has 0 radical (unpaired) electrons. The highest BCUT2D eigenvalue weighted by Crippen LogP contribution is 2.22. The smallest absolute Gasteiger partial charge is 0.224 e. The molecule has 3 rings (SSSR count). The third-order valence-corrected chi connectivity index (χ3v) is 4.22. The number of rotatable bonds is 6. The van der Waals surface area contributed by atoms with Crippen LogP contribution < -0.4 is 10.1 Å². The molecule has 0 saturated heterocycles. The van der Waals surface area contributed by atoms with E-state index < -0.39 is 0 Å². The molecule has 0 bridgehead atoms. The first kappa shape index (κ1) is 16.4. The van der Waals surface area contributed by atoms with Crippen LogP contribution in [0, 0.1) is 0 Å². The van der Waals surface area contributed by atoms with Crippen LogP contribution in [0.4, 0.5) is 0 Å². The summed E-state index contributed by atoms with van der Waals surface area (Å²) in [6.45, 7) is 0.572. The van der Waals surface area contributed by atoms with Crippen molar-refractivity contribution >= 4 is 28.4 Å². The monoisotopic (exact) mass is 342 g/mol.